The highest BCUT2D eigenvalue weighted by Gasteiger charge is 2.13. The highest BCUT2D eigenvalue weighted by molar-refractivity contribution is 6.17. The van der Waals surface area contributed by atoms with Crippen LogP contribution in [0.2, 0.25) is 0 Å². The van der Waals surface area contributed by atoms with Crippen molar-refractivity contribution in [3.05, 3.63) is 35.4 Å². The van der Waals surface area contributed by atoms with Crippen LogP contribution >= 0.6 is 11.6 Å². The van der Waals surface area contributed by atoms with E-state index in [1.54, 1.807) is 25.3 Å². The molecule has 0 heterocycles. The molecule has 100 valence electrons. The lowest BCUT2D eigenvalue weighted by Crippen LogP contribution is -2.38. The Labute approximate surface area is 112 Å². The van der Waals surface area contributed by atoms with E-state index >= 15 is 0 Å². The van der Waals surface area contributed by atoms with Gasteiger partial charge in [0, 0.05) is 25.2 Å². The van der Waals surface area contributed by atoms with Gasteiger partial charge in [-0.1, -0.05) is 12.1 Å². The van der Waals surface area contributed by atoms with Crippen LogP contribution in [0.4, 0.5) is 0 Å². The van der Waals surface area contributed by atoms with Crippen LogP contribution in [-0.4, -0.2) is 37.4 Å². The lowest BCUT2D eigenvalue weighted by Gasteiger charge is -2.17. The number of rotatable bonds is 7. The Hall–Kier alpha value is -1.10. The van der Waals surface area contributed by atoms with Crippen LogP contribution in [0.15, 0.2) is 24.3 Å². The van der Waals surface area contributed by atoms with Crippen molar-refractivity contribution >= 4 is 17.5 Å². The number of aliphatic hydroxyl groups is 1. The largest absolute Gasteiger partial charge is 0.396 e. The Kier molecular flexibility index (Phi) is 6.72. The Balaban J connectivity index is 2.67. The average molecular weight is 272 g/mol. The predicted molar refractivity (Wildman–Crippen MR) is 70.8 cm³/mol. The third-order valence-electron chi connectivity index (χ3n) is 2.52. The topological polar surface area (TPSA) is 58.6 Å². The molecule has 0 bridgehead atoms. The van der Waals surface area contributed by atoms with E-state index in [0.29, 0.717) is 24.5 Å². The first kappa shape index (κ1) is 15.0. The molecule has 18 heavy (non-hydrogen) atoms. The molecule has 1 aromatic carbocycles. The molecule has 2 N–H and O–H groups in total. The average Bonchev–Trinajstić information content (AvgIpc) is 2.39. The summed E-state index contributed by atoms with van der Waals surface area (Å²) in [5.41, 5.74) is 1.46. The second-order valence-electron chi connectivity index (χ2n) is 3.97. The molecular formula is C13H18ClNO3. The number of methoxy groups -OCH3 is 1. The van der Waals surface area contributed by atoms with E-state index in [1.165, 1.54) is 0 Å². The Bertz CT molecular complexity index is 378. The summed E-state index contributed by atoms with van der Waals surface area (Å²) in [7, 11) is 1.56. The zero-order valence-electron chi connectivity index (χ0n) is 10.4. The van der Waals surface area contributed by atoms with Gasteiger partial charge in [-0.25, -0.2) is 0 Å². The van der Waals surface area contributed by atoms with Gasteiger partial charge in [-0.3, -0.25) is 4.79 Å². The second-order valence-corrected chi connectivity index (χ2v) is 4.24. The minimum atomic E-state index is -0.188. The first-order valence-corrected chi connectivity index (χ1v) is 6.30. The van der Waals surface area contributed by atoms with Gasteiger partial charge in [0.05, 0.1) is 12.6 Å². The van der Waals surface area contributed by atoms with E-state index in [1.807, 2.05) is 6.07 Å². The lowest BCUT2D eigenvalue weighted by atomic mass is 10.1. The molecule has 4 nitrogen and oxygen atoms in total. The Morgan fingerprint density at radius 1 is 1.56 bits per heavy atom. The summed E-state index contributed by atoms with van der Waals surface area (Å²) in [6, 6.07) is 6.96. The summed E-state index contributed by atoms with van der Waals surface area (Å²) >= 11 is 5.72. The summed E-state index contributed by atoms with van der Waals surface area (Å²) in [6.07, 6.45) is 0.467. The maximum absolute atomic E-state index is 12.0. The van der Waals surface area contributed by atoms with Gasteiger partial charge in [-0.15, -0.1) is 11.6 Å². The van der Waals surface area contributed by atoms with Gasteiger partial charge in [-0.05, 0) is 24.1 Å². The summed E-state index contributed by atoms with van der Waals surface area (Å²) in [5.74, 6) is 0.191. The van der Waals surface area contributed by atoms with Crippen LogP contribution in [0.25, 0.3) is 0 Å². The molecule has 0 saturated heterocycles. The van der Waals surface area contributed by atoms with Gasteiger partial charge in [0.2, 0.25) is 0 Å². The smallest absolute Gasteiger partial charge is 0.251 e. The fourth-order valence-corrected chi connectivity index (χ4v) is 1.78. The van der Waals surface area contributed by atoms with Gasteiger partial charge >= 0.3 is 0 Å². The third kappa shape index (κ3) is 4.64. The van der Waals surface area contributed by atoms with Crippen molar-refractivity contribution < 1.29 is 14.6 Å². The molecule has 5 heteroatoms. The fraction of sp³-hybridized carbons (Fsp3) is 0.462. The summed E-state index contributed by atoms with van der Waals surface area (Å²) in [4.78, 5) is 12.0. The van der Waals surface area contributed by atoms with Gasteiger partial charge in [-0.2, -0.15) is 0 Å². The molecule has 0 spiro atoms. The third-order valence-corrected chi connectivity index (χ3v) is 2.83. The molecule has 1 amide bonds. The van der Waals surface area contributed by atoms with E-state index in [-0.39, 0.29) is 18.6 Å². The molecule has 1 atom stereocenters. The maximum atomic E-state index is 12.0. The molecule has 1 aromatic rings. The Morgan fingerprint density at radius 3 is 2.94 bits per heavy atom. The molecule has 0 saturated carbocycles. The normalized spacial score (nSPS) is 12.2. The molecule has 0 aliphatic carbocycles. The van der Waals surface area contributed by atoms with Crippen molar-refractivity contribution in [3.63, 3.8) is 0 Å². The van der Waals surface area contributed by atoms with Crippen molar-refractivity contribution in [3.8, 4) is 0 Å². The van der Waals surface area contributed by atoms with Crippen molar-refractivity contribution in [2.45, 2.75) is 18.3 Å². The van der Waals surface area contributed by atoms with Gasteiger partial charge in [0.1, 0.15) is 0 Å². The van der Waals surface area contributed by atoms with Gasteiger partial charge in [0.15, 0.2) is 0 Å². The van der Waals surface area contributed by atoms with Crippen LogP contribution in [0.3, 0.4) is 0 Å². The number of ether oxygens (including phenoxy) is 1. The minimum absolute atomic E-state index is 0.00995. The zero-order valence-corrected chi connectivity index (χ0v) is 11.1. The first-order chi connectivity index (χ1) is 8.71. The van der Waals surface area contributed by atoms with Crippen LogP contribution in [0.1, 0.15) is 22.3 Å². The lowest BCUT2D eigenvalue weighted by molar-refractivity contribution is 0.0878. The minimum Gasteiger partial charge on any atom is -0.396 e. The van der Waals surface area contributed by atoms with Crippen molar-refractivity contribution in [1.82, 2.24) is 5.32 Å². The Morgan fingerprint density at radius 2 is 2.33 bits per heavy atom. The number of amides is 1. The quantitative estimate of drug-likeness (QED) is 0.740. The number of carbonyl (C=O) groups is 1. The van der Waals surface area contributed by atoms with E-state index in [0.717, 1.165) is 5.56 Å². The van der Waals surface area contributed by atoms with E-state index in [4.69, 9.17) is 21.4 Å². The molecule has 0 aliphatic rings. The van der Waals surface area contributed by atoms with Crippen LogP contribution < -0.4 is 5.32 Å². The first-order valence-electron chi connectivity index (χ1n) is 5.76. The van der Waals surface area contributed by atoms with E-state index in [2.05, 4.69) is 5.32 Å². The highest BCUT2D eigenvalue weighted by atomic mass is 35.5. The molecule has 1 unspecified atom stereocenters. The van der Waals surface area contributed by atoms with Crippen LogP contribution in [0.5, 0.6) is 0 Å². The van der Waals surface area contributed by atoms with Gasteiger partial charge < -0.3 is 15.2 Å². The SMILES string of the molecule is COCC(CCO)NC(=O)c1cccc(CCl)c1. The van der Waals surface area contributed by atoms with Crippen molar-refractivity contribution in [2.75, 3.05) is 20.3 Å². The van der Waals surface area contributed by atoms with E-state index < -0.39 is 0 Å². The summed E-state index contributed by atoms with van der Waals surface area (Å²) < 4.78 is 4.99. The van der Waals surface area contributed by atoms with Crippen LogP contribution in [-0.2, 0) is 10.6 Å². The monoisotopic (exact) mass is 271 g/mol. The zero-order chi connectivity index (χ0) is 13.4. The molecule has 0 aromatic heterocycles. The summed E-state index contributed by atoms with van der Waals surface area (Å²) in [5, 5.41) is 11.7. The number of nitrogens with one attached hydrogen (secondary N) is 1. The maximum Gasteiger partial charge on any atom is 0.251 e. The van der Waals surface area contributed by atoms with E-state index in [9.17, 15) is 4.79 Å². The summed E-state index contributed by atoms with van der Waals surface area (Å²) in [6.45, 7) is 0.386. The predicted octanol–water partition coefficient (Wildman–Crippen LogP) is 1.55. The number of hydrogen-bond acceptors (Lipinski definition) is 3. The van der Waals surface area contributed by atoms with Crippen LogP contribution in [0, 0.1) is 0 Å². The van der Waals surface area contributed by atoms with Crippen molar-refractivity contribution in [2.24, 2.45) is 0 Å². The molecule has 0 fully saturated rings. The number of aliphatic hydroxyl groups excluding tert-OH is 1. The number of alkyl halides is 1. The number of hydrogen-bond donors (Lipinski definition) is 2. The molecule has 0 aliphatic heterocycles. The standard InChI is InChI=1S/C13H18ClNO3/c1-18-9-12(5-6-16)15-13(17)11-4-2-3-10(7-11)8-14/h2-4,7,12,16H,5-6,8-9H2,1H3,(H,15,17). The molecule has 0 radical (unpaired) electrons. The molecule has 1 rings (SSSR count). The second kappa shape index (κ2) is 8.08. The number of halogens is 1. The number of benzene rings is 1. The highest BCUT2D eigenvalue weighted by Crippen LogP contribution is 2.08. The number of carbonyl (C=O) groups excluding carboxylic acids is 1. The molecular weight excluding hydrogens is 254 g/mol. The van der Waals surface area contributed by atoms with Crippen molar-refractivity contribution in [1.29, 1.82) is 0 Å². The fourth-order valence-electron chi connectivity index (χ4n) is 1.62. The van der Waals surface area contributed by atoms with Gasteiger partial charge in [0.25, 0.3) is 5.91 Å².